The van der Waals surface area contributed by atoms with Gasteiger partial charge in [0.15, 0.2) is 0 Å². The maximum absolute atomic E-state index is 6.30. The Hall–Kier alpha value is -1.80. The number of hydrogen-bond acceptors (Lipinski definition) is 2. The predicted octanol–water partition coefficient (Wildman–Crippen LogP) is 3.00. The number of aryl methyl sites for hydroxylation is 1. The minimum Gasteiger partial charge on any atom is -0.488 e. The van der Waals surface area contributed by atoms with Gasteiger partial charge in [-0.2, -0.15) is 0 Å². The van der Waals surface area contributed by atoms with Crippen LogP contribution in [0, 0.1) is 6.92 Å². The van der Waals surface area contributed by atoms with Crippen LogP contribution in [0.2, 0.25) is 0 Å². The van der Waals surface area contributed by atoms with E-state index < -0.39 is 0 Å². The molecule has 0 amide bonds. The Balaban J connectivity index is 1.80. The van der Waals surface area contributed by atoms with Gasteiger partial charge in [0.1, 0.15) is 11.9 Å². The summed E-state index contributed by atoms with van der Waals surface area (Å²) in [5, 5.41) is 0. The molecule has 2 unspecified atom stereocenters. The van der Waals surface area contributed by atoms with Crippen molar-refractivity contribution in [1.29, 1.82) is 0 Å². The topological polar surface area (TPSA) is 35.2 Å². The molecule has 0 fully saturated rings. The third-order valence-electron chi connectivity index (χ3n) is 3.53. The summed E-state index contributed by atoms with van der Waals surface area (Å²) in [6, 6.07) is 16.5. The maximum atomic E-state index is 6.30. The molecule has 2 nitrogen and oxygen atoms in total. The van der Waals surface area contributed by atoms with E-state index in [1.807, 2.05) is 18.2 Å². The van der Waals surface area contributed by atoms with E-state index >= 15 is 0 Å². The summed E-state index contributed by atoms with van der Waals surface area (Å²) >= 11 is 0. The minimum atomic E-state index is -0.0713. The Morgan fingerprint density at radius 1 is 1.11 bits per heavy atom. The zero-order chi connectivity index (χ0) is 12.5. The third-order valence-corrected chi connectivity index (χ3v) is 3.53. The van der Waals surface area contributed by atoms with E-state index in [9.17, 15) is 0 Å². The van der Waals surface area contributed by atoms with Gasteiger partial charge >= 0.3 is 0 Å². The lowest BCUT2D eigenvalue weighted by Gasteiger charge is -2.19. The molecule has 2 N–H and O–H groups in total. The number of benzene rings is 2. The third kappa shape index (κ3) is 2.00. The number of rotatable bonds is 2. The molecule has 0 aliphatic carbocycles. The van der Waals surface area contributed by atoms with Crippen molar-refractivity contribution >= 4 is 0 Å². The van der Waals surface area contributed by atoms with Crippen LogP contribution < -0.4 is 10.5 Å². The molecule has 0 radical (unpaired) electrons. The molecule has 0 saturated heterocycles. The molecule has 2 aromatic rings. The van der Waals surface area contributed by atoms with Crippen LogP contribution in [0.5, 0.6) is 5.75 Å². The van der Waals surface area contributed by atoms with Gasteiger partial charge in [0.05, 0.1) is 6.04 Å². The van der Waals surface area contributed by atoms with Crippen LogP contribution in [0.15, 0.2) is 48.5 Å². The number of hydrogen-bond donors (Lipinski definition) is 1. The fourth-order valence-corrected chi connectivity index (χ4v) is 2.41. The molecule has 18 heavy (non-hydrogen) atoms. The lowest BCUT2D eigenvalue weighted by Crippen LogP contribution is -2.29. The first-order valence-corrected chi connectivity index (χ1v) is 6.31. The SMILES string of the molecule is Cc1ccc(C(N)C2Cc3ccccc3O2)cc1. The quantitative estimate of drug-likeness (QED) is 0.874. The maximum Gasteiger partial charge on any atom is 0.123 e. The van der Waals surface area contributed by atoms with Gasteiger partial charge in [-0.25, -0.2) is 0 Å². The average Bonchev–Trinajstić information content (AvgIpc) is 2.82. The van der Waals surface area contributed by atoms with Crippen molar-refractivity contribution in [3.8, 4) is 5.75 Å². The second-order valence-electron chi connectivity index (χ2n) is 4.90. The second-order valence-corrected chi connectivity index (χ2v) is 4.90. The average molecular weight is 239 g/mol. The van der Waals surface area contributed by atoms with Crippen LogP contribution in [0.25, 0.3) is 0 Å². The van der Waals surface area contributed by atoms with Gasteiger partial charge in [-0.05, 0) is 24.1 Å². The standard InChI is InChI=1S/C16H17NO/c1-11-6-8-12(9-7-11)16(17)15-10-13-4-2-3-5-14(13)18-15/h2-9,15-16H,10,17H2,1H3. The van der Waals surface area contributed by atoms with E-state index in [1.165, 1.54) is 11.1 Å². The normalized spacial score (nSPS) is 19.1. The van der Waals surface area contributed by atoms with Crippen LogP contribution >= 0.6 is 0 Å². The molecule has 0 bridgehead atoms. The molecule has 2 atom stereocenters. The minimum absolute atomic E-state index is 0.0464. The lowest BCUT2D eigenvalue weighted by atomic mass is 9.98. The number of ether oxygens (including phenoxy) is 1. The highest BCUT2D eigenvalue weighted by Crippen LogP contribution is 2.33. The van der Waals surface area contributed by atoms with Gasteiger partial charge in [-0.3, -0.25) is 0 Å². The van der Waals surface area contributed by atoms with Gasteiger partial charge in [-0.1, -0.05) is 48.0 Å². The molecular formula is C16H17NO. The van der Waals surface area contributed by atoms with E-state index in [-0.39, 0.29) is 12.1 Å². The second kappa shape index (κ2) is 4.46. The fourth-order valence-electron chi connectivity index (χ4n) is 2.41. The fraction of sp³-hybridized carbons (Fsp3) is 0.250. The molecule has 2 aromatic carbocycles. The molecule has 0 saturated carbocycles. The first-order chi connectivity index (χ1) is 8.74. The van der Waals surface area contributed by atoms with Crippen molar-refractivity contribution in [2.45, 2.75) is 25.5 Å². The molecule has 3 rings (SSSR count). The summed E-state index contributed by atoms with van der Waals surface area (Å²) in [5.41, 5.74) is 9.95. The van der Waals surface area contributed by atoms with Crippen molar-refractivity contribution in [1.82, 2.24) is 0 Å². The molecule has 92 valence electrons. The summed E-state index contributed by atoms with van der Waals surface area (Å²) in [4.78, 5) is 0. The Morgan fingerprint density at radius 2 is 1.83 bits per heavy atom. The number of para-hydroxylation sites is 1. The van der Waals surface area contributed by atoms with Crippen molar-refractivity contribution in [2.75, 3.05) is 0 Å². The smallest absolute Gasteiger partial charge is 0.123 e. The lowest BCUT2D eigenvalue weighted by molar-refractivity contribution is 0.200. The van der Waals surface area contributed by atoms with Crippen LogP contribution in [0.4, 0.5) is 0 Å². The van der Waals surface area contributed by atoms with Crippen molar-refractivity contribution in [3.05, 3.63) is 65.2 Å². The highest BCUT2D eigenvalue weighted by Gasteiger charge is 2.28. The first kappa shape index (κ1) is 11.3. The van der Waals surface area contributed by atoms with E-state index in [4.69, 9.17) is 10.5 Å². The highest BCUT2D eigenvalue weighted by atomic mass is 16.5. The molecular weight excluding hydrogens is 222 g/mol. The molecule has 1 aliphatic heterocycles. The highest BCUT2D eigenvalue weighted by molar-refractivity contribution is 5.38. The summed E-state index contributed by atoms with van der Waals surface area (Å²) in [6.07, 6.45) is 0.940. The van der Waals surface area contributed by atoms with Gasteiger partial charge in [0, 0.05) is 6.42 Å². The van der Waals surface area contributed by atoms with Crippen molar-refractivity contribution < 1.29 is 4.74 Å². The zero-order valence-corrected chi connectivity index (χ0v) is 10.5. The summed E-state index contributed by atoms with van der Waals surface area (Å²) in [7, 11) is 0. The van der Waals surface area contributed by atoms with Crippen molar-refractivity contribution in [2.24, 2.45) is 5.73 Å². The predicted molar refractivity (Wildman–Crippen MR) is 72.7 cm³/mol. The van der Waals surface area contributed by atoms with Crippen LogP contribution in [-0.4, -0.2) is 6.10 Å². The van der Waals surface area contributed by atoms with Gasteiger partial charge in [0.2, 0.25) is 0 Å². The monoisotopic (exact) mass is 239 g/mol. The van der Waals surface area contributed by atoms with E-state index in [2.05, 4.69) is 37.3 Å². The first-order valence-electron chi connectivity index (χ1n) is 6.31. The molecule has 1 heterocycles. The van der Waals surface area contributed by atoms with E-state index in [0.29, 0.717) is 0 Å². The molecule has 0 spiro atoms. The number of nitrogens with two attached hydrogens (primary N) is 1. The summed E-state index contributed by atoms with van der Waals surface area (Å²) in [6.45, 7) is 2.08. The van der Waals surface area contributed by atoms with E-state index in [0.717, 1.165) is 17.7 Å². The number of fused-ring (bicyclic) bond motifs is 1. The zero-order valence-electron chi connectivity index (χ0n) is 10.5. The largest absolute Gasteiger partial charge is 0.488 e. The van der Waals surface area contributed by atoms with E-state index in [1.54, 1.807) is 0 Å². The van der Waals surface area contributed by atoms with Gasteiger partial charge < -0.3 is 10.5 Å². The molecule has 1 aliphatic rings. The Morgan fingerprint density at radius 3 is 2.56 bits per heavy atom. The summed E-state index contributed by atoms with van der Waals surface area (Å²) < 4.78 is 5.93. The van der Waals surface area contributed by atoms with Crippen LogP contribution in [-0.2, 0) is 6.42 Å². The van der Waals surface area contributed by atoms with Gasteiger partial charge in [-0.15, -0.1) is 0 Å². The van der Waals surface area contributed by atoms with Crippen molar-refractivity contribution in [3.63, 3.8) is 0 Å². The molecule has 2 heteroatoms. The summed E-state index contributed by atoms with van der Waals surface area (Å²) in [5.74, 6) is 0.977. The molecule has 0 aromatic heterocycles. The van der Waals surface area contributed by atoms with Crippen LogP contribution in [0.3, 0.4) is 0 Å². The Labute approximate surface area is 107 Å². The van der Waals surface area contributed by atoms with Gasteiger partial charge in [0.25, 0.3) is 0 Å². The van der Waals surface area contributed by atoms with Crippen LogP contribution in [0.1, 0.15) is 22.7 Å². The Bertz CT molecular complexity index is 522. The Kier molecular flexibility index (Phi) is 2.80.